The van der Waals surface area contributed by atoms with E-state index < -0.39 is 10.9 Å². The molecule has 1 amide bonds. The number of carbonyl (C=O) groups excluding carboxylic acids is 1. The number of aliphatic carboxylic acids is 1. The molecule has 0 unspecified atom stereocenters. The lowest BCUT2D eigenvalue weighted by Gasteiger charge is -2.12. The fraction of sp³-hybridized carbons (Fsp3) is 0.154. The minimum Gasteiger partial charge on any atom is -0.481 e. The molecule has 2 rings (SSSR count). The smallest absolute Gasteiger partial charge is 0.305 e. The van der Waals surface area contributed by atoms with Gasteiger partial charge in [-0.2, -0.15) is 0 Å². The van der Waals surface area contributed by atoms with Crippen molar-refractivity contribution < 1.29 is 19.6 Å². The van der Waals surface area contributed by atoms with E-state index in [1.807, 2.05) is 0 Å². The van der Waals surface area contributed by atoms with Gasteiger partial charge in [-0.15, -0.1) is 0 Å². The number of hydrogen-bond acceptors (Lipinski definition) is 6. The predicted molar refractivity (Wildman–Crippen MR) is 85.2 cm³/mol. The highest BCUT2D eigenvalue weighted by Gasteiger charge is 2.32. The summed E-state index contributed by atoms with van der Waals surface area (Å²) in [6.45, 7) is 0.00623. The maximum absolute atomic E-state index is 12.2. The number of nitro groups is 1. The number of carboxylic acids is 1. The fourth-order valence-corrected chi connectivity index (χ4v) is 3.09. The van der Waals surface area contributed by atoms with Gasteiger partial charge in [0, 0.05) is 18.7 Å². The van der Waals surface area contributed by atoms with Gasteiger partial charge in [0.2, 0.25) is 0 Å². The molecule has 22 heavy (non-hydrogen) atoms. The van der Waals surface area contributed by atoms with Crippen LogP contribution < -0.4 is 0 Å². The number of thiocarbonyl (C=S) groups is 1. The van der Waals surface area contributed by atoms with Crippen molar-refractivity contribution in [2.75, 3.05) is 6.54 Å². The lowest BCUT2D eigenvalue weighted by Crippen LogP contribution is -2.30. The normalized spacial score (nSPS) is 16.4. The van der Waals surface area contributed by atoms with Crippen LogP contribution in [0.1, 0.15) is 12.0 Å². The van der Waals surface area contributed by atoms with Crippen LogP contribution in [0.15, 0.2) is 29.2 Å². The van der Waals surface area contributed by atoms with E-state index in [1.54, 1.807) is 6.07 Å². The number of thioether (sulfide) groups is 1. The molecule has 1 fully saturated rings. The predicted octanol–water partition coefficient (Wildman–Crippen LogP) is 2.27. The number of nitro benzene ring substituents is 1. The first kappa shape index (κ1) is 16.1. The molecule has 0 saturated carbocycles. The molecule has 1 aromatic carbocycles. The summed E-state index contributed by atoms with van der Waals surface area (Å²) in [6, 6.07) is 5.87. The molecule has 1 saturated heterocycles. The Hall–Kier alpha value is -2.26. The van der Waals surface area contributed by atoms with Gasteiger partial charge < -0.3 is 5.11 Å². The Balaban J connectivity index is 2.21. The first-order valence-corrected chi connectivity index (χ1v) is 7.32. The van der Waals surface area contributed by atoms with Crippen molar-refractivity contribution in [2.45, 2.75) is 6.42 Å². The van der Waals surface area contributed by atoms with Crippen molar-refractivity contribution in [1.82, 2.24) is 4.90 Å². The fourth-order valence-electron chi connectivity index (χ4n) is 1.78. The minimum atomic E-state index is -1.02. The molecule has 7 nitrogen and oxygen atoms in total. The van der Waals surface area contributed by atoms with Crippen LogP contribution in [0.3, 0.4) is 0 Å². The van der Waals surface area contributed by atoms with Crippen LogP contribution in [-0.2, 0) is 9.59 Å². The van der Waals surface area contributed by atoms with Gasteiger partial charge >= 0.3 is 5.97 Å². The van der Waals surface area contributed by atoms with Gasteiger partial charge in [0.05, 0.1) is 16.2 Å². The van der Waals surface area contributed by atoms with Crippen LogP contribution in [0.4, 0.5) is 5.69 Å². The van der Waals surface area contributed by atoms with Gasteiger partial charge in [0.1, 0.15) is 4.32 Å². The highest BCUT2D eigenvalue weighted by atomic mass is 32.2. The molecule has 1 aromatic rings. The average Bonchev–Trinajstić information content (AvgIpc) is 2.71. The highest BCUT2D eigenvalue weighted by Crippen LogP contribution is 2.32. The zero-order chi connectivity index (χ0) is 16.3. The monoisotopic (exact) mass is 338 g/mol. The Morgan fingerprint density at radius 1 is 1.50 bits per heavy atom. The van der Waals surface area contributed by atoms with Crippen LogP contribution in [-0.4, -0.2) is 37.7 Å². The van der Waals surface area contributed by atoms with Crippen molar-refractivity contribution in [3.63, 3.8) is 0 Å². The molecule has 1 N–H and O–H groups in total. The number of benzene rings is 1. The van der Waals surface area contributed by atoms with E-state index in [0.717, 1.165) is 11.8 Å². The molecule has 9 heteroatoms. The Morgan fingerprint density at radius 3 is 2.86 bits per heavy atom. The standard InChI is InChI=1S/C13H10N2O5S2/c16-11(17)4-5-14-12(18)10(22-13(14)21)7-8-2-1-3-9(6-8)15(19)20/h1-3,6-7H,4-5H2,(H,16,17). The molecule has 114 valence electrons. The lowest BCUT2D eigenvalue weighted by molar-refractivity contribution is -0.384. The lowest BCUT2D eigenvalue weighted by atomic mass is 10.2. The van der Waals surface area contributed by atoms with Crippen LogP contribution in [0.5, 0.6) is 0 Å². The summed E-state index contributed by atoms with van der Waals surface area (Å²) in [5.41, 5.74) is 0.433. The molecule has 0 spiro atoms. The second-order valence-corrected chi connectivity index (χ2v) is 6.00. The summed E-state index contributed by atoms with van der Waals surface area (Å²) in [7, 11) is 0. The second-order valence-electron chi connectivity index (χ2n) is 4.33. The first-order chi connectivity index (χ1) is 10.4. The zero-order valence-corrected chi connectivity index (χ0v) is 12.7. The quantitative estimate of drug-likeness (QED) is 0.380. The Morgan fingerprint density at radius 2 is 2.23 bits per heavy atom. The van der Waals surface area contributed by atoms with E-state index in [4.69, 9.17) is 17.3 Å². The second kappa shape index (κ2) is 6.67. The van der Waals surface area contributed by atoms with Crippen LogP contribution in [0.25, 0.3) is 6.08 Å². The third-order valence-corrected chi connectivity index (χ3v) is 4.18. The molecular formula is C13H10N2O5S2. The van der Waals surface area contributed by atoms with Crippen LogP contribution in [0.2, 0.25) is 0 Å². The Labute approximate surface area is 134 Å². The van der Waals surface area contributed by atoms with Gasteiger partial charge in [-0.3, -0.25) is 24.6 Å². The SMILES string of the molecule is O=C(O)CCN1C(=O)C(=Cc2cccc([N+](=O)[O-])c2)SC1=S. The summed E-state index contributed by atoms with van der Waals surface area (Å²) < 4.78 is 0.280. The van der Waals surface area contributed by atoms with E-state index in [0.29, 0.717) is 10.5 Å². The van der Waals surface area contributed by atoms with Gasteiger partial charge in [-0.25, -0.2) is 0 Å². The summed E-state index contributed by atoms with van der Waals surface area (Å²) >= 11 is 6.10. The van der Waals surface area contributed by atoms with Crippen molar-refractivity contribution in [2.24, 2.45) is 0 Å². The van der Waals surface area contributed by atoms with E-state index >= 15 is 0 Å². The summed E-state index contributed by atoms with van der Waals surface area (Å²) in [5, 5.41) is 19.4. The largest absolute Gasteiger partial charge is 0.481 e. The summed E-state index contributed by atoms with van der Waals surface area (Å²) in [4.78, 5) is 34.5. The van der Waals surface area contributed by atoms with Crippen LogP contribution in [0, 0.1) is 10.1 Å². The van der Waals surface area contributed by atoms with Crippen molar-refractivity contribution >= 4 is 51.9 Å². The van der Waals surface area contributed by atoms with Crippen molar-refractivity contribution in [3.05, 3.63) is 44.8 Å². The number of carbonyl (C=O) groups is 2. The molecule has 0 bridgehead atoms. The molecule has 1 heterocycles. The maximum Gasteiger partial charge on any atom is 0.305 e. The van der Waals surface area contributed by atoms with Gasteiger partial charge in [0.15, 0.2) is 0 Å². The van der Waals surface area contributed by atoms with E-state index in [1.165, 1.54) is 29.2 Å². The molecule has 0 radical (unpaired) electrons. The van der Waals surface area contributed by atoms with E-state index in [2.05, 4.69) is 0 Å². The number of hydrogen-bond donors (Lipinski definition) is 1. The van der Waals surface area contributed by atoms with Crippen LogP contribution >= 0.6 is 24.0 Å². The van der Waals surface area contributed by atoms with E-state index in [-0.39, 0.29) is 28.9 Å². The number of carboxylic acid groups (broad SMARTS) is 1. The molecule has 1 aliphatic heterocycles. The third-order valence-electron chi connectivity index (χ3n) is 2.80. The molecule has 0 aliphatic carbocycles. The van der Waals surface area contributed by atoms with E-state index in [9.17, 15) is 19.7 Å². The molecule has 1 aliphatic rings. The number of rotatable bonds is 5. The van der Waals surface area contributed by atoms with Gasteiger partial charge in [0.25, 0.3) is 11.6 Å². The number of nitrogens with zero attached hydrogens (tertiary/aromatic N) is 2. The highest BCUT2D eigenvalue weighted by molar-refractivity contribution is 8.26. The third kappa shape index (κ3) is 3.68. The average molecular weight is 338 g/mol. The Kier molecular flexibility index (Phi) is 4.88. The van der Waals surface area contributed by atoms with Crippen molar-refractivity contribution in [3.8, 4) is 0 Å². The minimum absolute atomic E-state index is 0.00623. The van der Waals surface area contributed by atoms with Gasteiger partial charge in [-0.05, 0) is 11.6 Å². The molecule has 0 aromatic heterocycles. The molecular weight excluding hydrogens is 328 g/mol. The first-order valence-electron chi connectivity index (χ1n) is 6.10. The Bertz CT molecular complexity index is 701. The van der Waals surface area contributed by atoms with Gasteiger partial charge in [-0.1, -0.05) is 36.1 Å². The number of amides is 1. The summed E-state index contributed by atoms with van der Waals surface area (Å²) in [5.74, 6) is -1.40. The maximum atomic E-state index is 12.2. The summed E-state index contributed by atoms with van der Waals surface area (Å²) in [6.07, 6.45) is 1.31. The van der Waals surface area contributed by atoms with Crippen molar-refractivity contribution in [1.29, 1.82) is 0 Å². The number of non-ortho nitro benzene ring substituents is 1. The molecule has 0 atom stereocenters. The zero-order valence-electron chi connectivity index (χ0n) is 11.1. The topological polar surface area (TPSA) is 101 Å².